The SMILES string of the molecule is COc1ccc(/C=C/c2nc3cc(Cl)ccc3[nH]c2=O)cc1. The van der Waals surface area contributed by atoms with Crippen LogP contribution in [-0.4, -0.2) is 17.1 Å². The van der Waals surface area contributed by atoms with Crippen LogP contribution in [0.3, 0.4) is 0 Å². The Bertz CT molecular complexity index is 899. The van der Waals surface area contributed by atoms with Gasteiger partial charge in [-0.25, -0.2) is 4.98 Å². The molecule has 0 saturated carbocycles. The number of H-pyrrole nitrogens is 1. The molecular weight excluding hydrogens is 300 g/mol. The van der Waals surface area contributed by atoms with Crippen LogP contribution in [-0.2, 0) is 0 Å². The van der Waals surface area contributed by atoms with Gasteiger partial charge in [-0.2, -0.15) is 0 Å². The van der Waals surface area contributed by atoms with Crippen LogP contribution in [0.15, 0.2) is 47.3 Å². The summed E-state index contributed by atoms with van der Waals surface area (Å²) in [6, 6.07) is 12.7. The van der Waals surface area contributed by atoms with Crippen LogP contribution in [0.4, 0.5) is 0 Å². The molecule has 0 radical (unpaired) electrons. The molecule has 110 valence electrons. The third-order valence-corrected chi connectivity index (χ3v) is 3.47. The molecule has 3 aromatic rings. The van der Waals surface area contributed by atoms with E-state index in [-0.39, 0.29) is 5.56 Å². The summed E-state index contributed by atoms with van der Waals surface area (Å²) in [5, 5.41) is 0.581. The first-order chi connectivity index (χ1) is 10.7. The highest BCUT2D eigenvalue weighted by atomic mass is 35.5. The van der Waals surface area contributed by atoms with Gasteiger partial charge in [0.05, 0.1) is 18.1 Å². The van der Waals surface area contributed by atoms with E-state index >= 15 is 0 Å². The molecule has 1 heterocycles. The molecule has 2 aromatic carbocycles. The van der Waals surface area contributed by atoms with Gasteiger partial charge in [-0.15, -0.1) is 0 Å². The van der Waals surface area contributed by atoms with E-state index in [1.165, 1.54) is 0 Å². The maximum atomic E-state index is 12.0. The fourth-order valence-corrected chi connectivity index (χ4v) is 2.24. The molecule has 1 N–H and O–H groups in total. The van der Waals surface area contributed by atoms with Crippen LogP contribution >= 0.6 is 11.6 Å². The van der Waals surface area contributed by atoms with E-state index in [0.717, 1.165) is 11.3 Å². The molecule has 0 saturated heterocycles. The highest BCUT2D eigenvalue weighted by Gasteiger charge is 2.02. The molecule has 3 rings (SSSR count). The van der Waals surface area contributed by atoms with Crippen LogP contribution in [0.25, 0.3) is 23.2 Å². The maximum absolute atomic E-state index is 12.0. The van der Waals surface area contributed by atoms with Gasteiger partial charge in [0, 0.05) is 5.02 Å². The van der Waals surface area contributed by atoms with Gasteiger partial charge in [-0.3, -0.25) is 4.79 Å². The summed E-state index contributed by atoms with van der Waals surface area (Å²) in [7, 11) is 1.62. The van der Waals surface area contributed by atoms with Gasteiger partial charge in [0.2, 0.25) is 0 Å². The van der Waals surface area contributed by atoms with Crippen molar-refractivity contribution in [3.05, 3.63) is 69.1 Å². The lowest BCUT2D eigenvalue weighted by Crippen LogP contribution is -2.11. The van der Waals surface area contributed by atoms with E-state index in [4.69, 9.17) is 16.3 Å². The highest BCUT2D eigenvalue weighted by Crippen LogP contribution is 2.16. The number of halogens is 1. The summed E-state index contributed by atoms with van der Waals surface area (Å²) in [6.07, 6.45) is 3.51. The summed E-state index contributed by atoms with van der Waals surface area (Å²) in [4.78, 5) is 19.2. The highest BCUT2D eigenvalue weighted by molar-refractivity contribution is 6.31. The molecule has 0 fully saturated rings. The number of aromatic amines is 1. The minimum Gasteiger partial charge on any atom is -0.497 e. The van der Waals surface area contributed by atoms with Gasteiger partial charge in [-0.05, 0) is 42.0 Å². The number of ether oxygens (including phenoxy) is 1. The summed E-state index contributed by atoms with van der Waals surface area (Å²) < 4.78 is 5.11. The Morgan fingerprint density at radius 3 is 2.64 bits per heavy atom. The number of nitrogens with zero attached hydrogens (tertiary/aromatic N) is 1. The predicted octanol–water partition coefficient (Wildman–Crippen LogP) is 3.76. The van der Waals surface area contributed by atoms with Crippen LogP contribution in [0, 0.1) is 0 Å². The van der Waals surface area contributed by atoms with Crippen molar-refractivity contribution < 1.29 is 4.74 Å². The maximum Gasteiger partial charge on any atom is 0.274 e. The molecule has 0 atom stereocenters. The van der Waals surface area contributed by atoms with E-state index in [1.54, 1.807) is 31.4 Å². The lowest BCUT2D eigenvalue weighted by molar-refractivity contribution is 0.415. The fourth-order valence-electron chi connectivity index (χ4n) is 2.07. The largest absolute Gasteiger partial charge is 0.497 e. The van der Waals surface area contributed by atoms with Gasteiger partial charge >= 0.3 is 0 Å². The van der Waals surface area contributed by atoms with Crippen molar-refractivity contribution in [1.82, 2.24) is 9.97 Å². The van der Waals surface area contributed by atoms with Crippen LogP contribution < -0.4 is 10.3 Å². The molecule has 1 aromatic heterocycles. The zero-order valence-corrected chi connectivity index (χ0v) is 12.6. The molecule has 0 spiro atoms. The van der Waals surface area contributed by atoms with Gasteiger partial charge in [0.1, 0.15) is 11.4 Å². The number of fused-ring (bicyclic) bond motifs is 1. The van der Waals surface area contributed by atoms with Crippen molar-refractivity contribution >= 4 is 34.8 Å². The zero-order chi connectivity index (χ0) is 15.5. The Balaban J connectivity index is 1.96. The van der Waals surface area contributed by atoms with Crippen LogP contribution in [0.2, 0.25) is 5.02 Å². The molecule has 22 heavy (non-hydrogen) atoms. The van der Waals surface area contributed by atoms with E-state index in [0.29, 0.717) is 21.7 Å². The zero-order valence-electron chi connectivity index (χ0n) is 11.8. The van der Waals surface area contributed by atoms with E-state index in [2.05, 4.69) is 9.97 Å². The first kappa shape index (κ1) is 14.4. The number of rotatable bonds is 3. The van der Waals surface area contributed by atoms with Crippen LogP contribution in [0.5, 0.6) is 5.75 Å². The van der Waals surface area contributed by atoms with E-state index < -0.39 is 0 Å². The molecule has 0 unspecified atom stereocenters. The summed E-state index contributed by atoms with van der Waals surface area (Å²) in [5.74, 6) is 0.786. The Morgan fingerprint density at radius 1 is 1.14 bits per heavy atom. The number of methoxy groups -OCH3 is 1. The van der Waals surface area contributed by atoms with Crippen molar-refractivity contribution in [3.8, 4) is 5.75 Å². The minimum absolute atomic E-state index is 0.236. The Labute approximate surface area is 132 Å². The van der Waals surface area contributed by atoms with E-state index in [1.807, 2.05) is 30.3 Å². The van der Waals surface area contributed by atoms with Crippen molar-refractivity contribution in [3.63, 3.8) is 0 Å². The number of nitrogens with one attached hydrogen (secondary N) is 1. The fraction of sp³-hybridized carbons (Fsp3) is 0.0588. The Kier molecular flexibility index (Phi) is 3.94. The quantitative estimate of drug-likeness (QED) is 0.801. The number of benzene rings is 2. The number of hydrogen-bond donors (Lipinski definition) is 1. The lowest BCUT2D eigenvalue weighted by atomic mass is 10.2. The number of hydrogen-bond acceptors (Lipinski definition) is 3. The third-order valence-electron chi connectivity index (χ3n) is 3.23. The number of aromatic nitrogens is 2. The third kappa shape index (κ3) is 3.02. The first-order valence-corrected chi connectivity index (χ1v) is 7.05. The topological polar surface area (TPSA) is 55.0 Å². The van der Waals surface area contributed by atoms with E-state index in [9.17, 15) is 4.79 Å². The Hall–Kier alpha value is -2.59. The molecule has 0 aliphatic heterocycles. The lowest BCUT2D eigenvalue weighted by Gasteiger charge is -2.00. The summed E-state index contributed by atoms with van der Waals surface area (Å²) >= 11 is 5.95. The average molecular weight is 313 g/mol. The molecule has 0 amide bonds. The second kappa shape index (κ2) is 6.03. The van der Waals surface area contributed by atoms with Crippen LogP contribution in [0.1, 0.15) is 11.3 Å². The average Bonchev–Trinajstić information content (AvgIpc) is 2.54. The van der Waals surface area contributed by atoms with Gasteiger partial charge in [0.15, 0.2) is 0 Å². The second-order valence-corrected chi connectivity index (χ2v) is 5.16. The van der Waals surface area contributed by atoms with Gasteiger partial charge in [0.25, 0.3) is 5.56 Å². The van der Waals surface area contributed by atoms with Crippen molar-refractivity contribution in [2.45, 2.75) is 0 Å². The summed E-state index contributed by atoms with van der Waals surface area (Å²) in [5.41, 5.74) is 2.37. The molecule has 0 aliphatic rings. The van der Waals surface area contributed by atoms with Gasteiger partial charge < -0.3 is 9.72 Å². The molecule has 4 nitrogen and oxygen atoms in total. The standard InChI is InChI=1S/C17H13ClN2O2/c1-22-13-6-2-11(3-7-13)4-8-15-17(21)20-14-9-5-12(18)10-16(14)19-15/h2-10H,1H3,(H,20,21)/b8-4+. The molecular formula is C17H13ClN2O2. The van der Waals surface area contributed by atoms with Crippen molar-refractivity contribution in [1.29, 1.82) is 0 Å². The molecule has 0 aliphatic carbocycles. The van der Waals surface area contributed by atoms with Crippen molar-refractivity contribution in [2.75, 3.05) is 7.11 Å². The normalized spacial score (nSPS) is 11.2. The Morgan fingerprint density at radius 2 is 1.91 bits per heavy atom. The van der Waals surface area contributed by atoms with Crippen molar-refractivity contribution in [2.24, 2.45) is 0 Å². The predicted molar refractivity (Wildman–Crippen MR) is 89.3 cm³/mol. The molecule has 0 bridgehead atoms. The first-order valence-electron chi connectivity index (χ1n) is 6.67. The molecule has 5 heteroatoms. The minimum atomic E-state index is -0.236. The second-order valence-electron chi connectivity index (χ2n) is 4.72. The van der Waals surface area contributed by atoms with Gasteiger partial charge in [-0.1, -0.05) is 29.8 Å². The smallest absolute Gasteiger partial charge is 0.274 e. The summed E-state index contributed by atoms with van der Waals surface area (Å²) in [6.45, 7) is 0. The monoisotopic (exact) mass is 312 g/mol.